The molecular weight excluding hydrogens is 322 g/mol. The molecule has 0 radical (unpaired) electrons. The van der Waals surface area contributed by atoms with E-state index in [1.165, 1.54) is 6.07 Å². The molecule has 0 saturated heterocycles. The highest BCUT2D eigenvalue weighted by Gasteiger charge is 2.18. The molecule has 2 rings (SSSR count). The lowest BCUT2D eigenvalue weighted by atomic mass is 10.0. The maximum absolute atomic E-state index is 11.6. The van der Waals surface area contributed by atoms with Gasteiger partial charge in [-0.2, -0.15) is 0 Å². The van der Waals surface area contributed by atoms with Crippen molar-refractivity contribution in [1.29, 1.82) is 0 Å². The van der Waals surface area contributed by atoms with Gasteiger partial charge in [-0.15, -0.1) is 0 Å². The molecular formula is C19H21NO5. The number of ether oxygens (including phenoxy) is 1. The van der Waals surface area contributed by atoms with Gasteiger partial charge < -0.3 is 20.3 Å². The topological polar surface area (TPSA) is 95.9 Å². The van der Waals surface area contributed by atoms with E-state index < -0.39 is 18.3 Å². The van der Waals surface area contributed by atoms with Gasteiger partial charge in [0.2, 0.25) is 0 Å². The zero-order valence-corrected chi connectivity index (χ0v) is 13.7. The maximum atomic E-state index is 11.6. The monoisotopic (exact) mass is 343 g/mol. The Balaban J connectivity index is 1.72. The van der Waals surface area contributed by atoms with Gasteiger partial charge in [0.25, 0.3) is 0 Å². The molecule has 0 spiro atoms. The van der Waals surface area contributed by atoms with Crippen LogP contribution in [-0.4, -0.2) is 35.2 Å². The van der Waals surface area contributed by atoms with Crippen molar-refractivity contribution < 1.29 is 24.5 Å². The number of benzene rings is 2. The van der Waals surface area contributed by atoms with E-state index in [2.05, 4.69) is 5.32 Å². The Morgan fingerprint density at radius 2 is 1.88 bits per heavy atom. The molecule has 2 aromatic carbocycles. The van der Waals surface area contributed by atoms with E-state index in [0.717, 1.165) is 5.56 Å². The van der Waals surface area contributed by atoms with Crippen molar-refractivity contribution in [1.82, 2.24) is 5.32 Å². The number of carbonyl (C=O) groups excluding carboxylic acids is 2. The van der Waals surface area contributed by atoms with E-state index in [1.807, 2.05) is 30.3 Å². The van der Waals surface area contributed by atoms with E-state index >= 15 is 0 Å². The third-order valence-electron chi connectivity index (χ3n) is 3.67. The number of aldehydes is 1. The zero-order valence-electron chi connectivity index (χ0n) is 13.7. The van der Waals surface area contributed by atoms with Gasteiger partial charge in [-0.25, -0.2) is 4.79 Å². The van der Waals surface area contributed by atoms with Crippen LogP contribution in [0.2, 0.25) is 0 Å². The highest BCUT2D eigenvalue weighted by molar-refractivity contribution is 5.75. The molecule has 0 fully saturated rings. The maximum Gasteiger partial charge on any atom is 0.407 e. The minimum absolute atomic E-state index is 0.146. The number of nitrogens with one attached hydrogen (secondary N) is 1. The standard InChI is InChI=1S/C19H21NO5/c21-12-15-7-4-8-16(11-15)18(23)17(22)9-10-20-19(24)25-13-14-5-2-1-3-6-14/h1-8,11-12,17-18,22-23H,9-10,13H2,(H,20,24). The molecule has 2 unspecified atom stereocenters. The average molecular weight is 343 g/mol. The SMILES string of the molecule is O=Cc1cccc(C(O)C(O)CCNC(=O)OCc2ccccc2)c1. The largest absolute Gasteiger partial charge is 0.445 e. The summed E-state index contributed by atoms with van der Waals surface area (Å²) in [5.74, 6) is 0. The van der Waals surface area contributed by atoms with Crippen LogP contribution in [0.15, 0.2) is 54.6 Å². The highest BCUT2D eigenvalue weighted by atomic mass is 16.5. The number of rotatable bonds is 8. The fraction of sp³-hybridized carbons (Fsp3) is 0.263. The quantitative estimate of drug-likeness (QED) is 0.639. The molecule has 0 saturated carbocycles. The summed E-state index contributed by atoms with van der Waals surface area (Å²) in [5, 5.41) is 22.7. The molecule has 0 aliphatic heterocycles. The van der Waals surface area contributed by atoms with Gasteiger partial charge in [-0.3, -0.25) is 4.79 Å². The highest BCUT2D eigenvalue weighted by Crippen LogP contribution is 2.19. The molecule has 0 aliphatic carbocycles. The number of aliphatic hydroxyl groups is 2. The van der Waals surface area contributed by atoms with Gasteiger partial charge in [0, 0.05) is 12.1 Å². The van der Waals surface area contributed by atoms with Crippen LogP contribution < -0.4 is 5.32 Å². The Hall–Kier alpha value is -2.70. The van der Waals surface area contributed by atoms with Crippen LogP contribution in [0, 0.1) is 0 Å². The second kappa shape index (κ2) is 9.56. The van der Waals surface area contributed by atoms with E-state index in [9.17, 15) is 19.8 Å². The number of hydrogen-bond acceptors (Lipinski definition) is 5. The summed E-state index contributed by atoms with van der Waals surface area (Å²) in [7, 11) is 0. The smallest absolute Gasteiger partial charge is 0.407 e. The molecule has 1 amide bonds. The summed E-state index contributed by atoms with van der Waals surface area (Å²) >= 11 is 0. The van der Waals surface area contributed by atoms with E-state index in [1.54, 1.807) is 18.2 Å². The minimum atomic E-state index is -1.14. The first kappa shape index (κ1) is 18.6. The van der Waals surface area contributed by atoms with Gasteiger partial charge in [-0.05, 0) is 23.6 Å². The van der Waals surface area contributed by atoms with Crippen molar-refractivity contribution >= 4 is 12.4 Å². The van der Waals surface area contributed by atoms with Crippen molar-refractivity contribution in [2.24, 2.45) is 0 Å². The lowest BCUT2D eigenvalue weighted by Crippen LogP contribution is -2.29. The van der Waals surface area contributed by atoms with Crippen molar-refractivity contribution in [3.63, 3.8) is 0 Å². The molecule has 132 valence electrons. The van der Waals surface area contributed by atoms with Crippen LogP contribution in [0.3, 0.4) is 0 Å². The molecule has 25 heavy (non-hydrogen) atoms. The van der Waals surface area contributed by atoms with Crippen molar-refractivity contribution in [3.05, 3.63) is 71.3 Å². The predicted molar refractivity (Wildman–Crippen MR) is 92.0 cm³/mol. The summed E-state index contributed by atoms with van der Waals surface area (Å²) in [6.45, 7) is 0.315. The Kier molecular flexibility index (Phi) is 7.13. The molecule has 0 aromatic heterocycles. The van der Waals surface area contributed by atoms with Gasteiger partial charge in [-0.1, -0.05) is 48.5 Å². The van der Waals surface area contributed by atoms with Crippen molar-refractivity contribution in [3.8, 4) is 0 Å². The first-order chi connectivity index (χ1) is 12.1. The number of alkyl carbamates (subject to hydrolysis) is 1. The third kappa shape index (κ3) is 6.02. The molecule has 2 atom stereocenters. The third-order valence-corrected chi connectivity index (χ3v) is 3.67. The molecule has 3 N–H and O–H groups in total. The Morgan fingerprint density at radius 3 is 2.60 bits per heavy atom. The number of amides is 1. The second-order valence-electron chi connectivity index (χ2n) is 5.58. The van der Waals surface area contributed by atoms with Crippen LogP contribution in [-0.2, 0) is 11.3 Å². The fourth-order valence-electron chi connectivity index (χ4n) is 2.29. The van der Waals surface area contributed by atoms with E-state index in [-0.39, 0.29) is 19.6 Å². The second-order valence-corrected chi connectivity index (χ2v) is 5.58. The lowest BCUT2D eigenvalue weighted by molar-refractivity contribution is 0.0136. The summed E-state index contributed by atoms with van der Waals surface area (Å²) in [5.41, 5.74) is 1.75. The first-order valence-corrected chi connectivity index (χ1v) is 7.96. The van der Waals surface area contributed by atoms with Crippen LogP contribution in [0.4, 0.5) is 4.79 Å². The summed E-state index contributed by atoms with van der Waals surface area (Å²) < 4.78 is 5.05. The summed E-state index contributed by atoms with van der Waals surface area (Å²) in [6, 6.07) is 15.7. The van der Waals surface area contributed by atoms with Gasteiger partial charge >= 0.3 is 6.09 Å². The van der Waals surface area contributed by atoms with Crippen molar-refractivity contribution in [2.45, 2.75) is 25.2 Å². The van der Waals surface area contributed by atoms with Crippen LogP contribution >= 0.6 is 0 Å². The summed E-state index contributed by atoms with van der Waals surface area (Å²) in [4.78, 5) is 22.4. The number of aliphatic hydroxyl groups excluding tert-OH is 2. The predicted octanol–water partition coefficient (Wildman–Crippen LogP) is 2.21. The van der Waals surface area contributed by atoms with Gasteiger partial charge in [0.1, 0.15) is 19.0 Å². The Morgan fingerprint density at radius 1 is 1.12 bits per heavy atom. The molecule has 0 aliphatic rings. The Labute approximate surface area is 146 Å². The van der Waals surface area contributed by atoms with Crippen LogP contribution in [0.1, 0.15) is 34.0 Å². The zero-order chi connectivity index (χ0) is 18.1. The minimum Gasteiger partial charge on any atom is -0.445 e. The van der Waals surface area contributed by atoms with E-state index in [4.69, 9.17) is 4.74 Å². The molecule has 6 nitrogen and oxygen atoms in total. The molecule has 0 bridgehead atoms. The van der Waals surface area contributed by atoms with Crippen molar-refractivity contribution in [2.75, 3.05) is 6.54 Å². The molecule has 0 heterocycles. The van der Waals surface area contributed by atoms with Gasteiger partial charge in [0.15, 0.2) is 0 Å². The fourth-order valence-corrected chi connectivity index (χ4v) is 2.29. The molecule has 2 aromatic rings. The Bertz CT molecular complexity index is 689. The summed E-state index contributed by atoms with van der Waals surface area (Å²) in [6.07, 6.45) is -1.98. The normalized spacial score (nSPS) is 12.9. The average Bonchev–Trinajstić information content (AvgIpc) is 2.66. The van der Waals surface area contributed by atoms with Crippen LogP contribution in [0.25, 0.3) is 0 Å². The first-order valence-electron chi connectivity index (χ1n) is 7.96. The van der Waals surface area contributed by atoms with Crippen LogP contribution in [0.5, 0.6) is 0 Å². The number of hydrogen-bond donors (Lipinski definition) is 3. The van der Waals surface area contributed by atoms with Gasteiger partial charge in [0.05, 0.1) is 6.10 Å². The number of carbonyl (C=O) groups is 2. The molecule has 6 heteroatoms. The lowest BCUT2D eigenvalue weighted by Gasteiger charge is -2.18. The van der Waals surface area contributed by atoms with E-state index in [0.29, 0.717) is 17.4 Å².